The lowest BCUT2D eigenvalue weighted by molar-refractivity contribution is 0.391. The third kappa shape index (κ3) is 4.20. The normalized spacial score (nSPS) is 11.0. The van der Waals surface area contributed by atoms with Crippen LogP contribution in [0.5, 0.6) is 0 Å². The molecule has 2 aromatic heterocycles. The molecule has 0 aliphatic carbocycles. The van der Waals surface area contributed by atoms with Gasteiger partial charge in [0.1, 0.15) is 0 Å². The number of hydrogen-bond acceptors (Lipinski definition) is 6. The molecule has 8 heteroatoms. The molecule has 2 heterocycles. The molecule has 4 rings (SSSR count). The Morgan fingerprint density at radius 3 is 2.48 bits per heavy atom. The van der Waals surface area contributed by atoms with Gasteiger partial charge >= 0.3 is 0 Å². The van der Waals surface area contributed by atoms with Crippen LogP contribution in [0.4, 0.5) is 0 Å². The van der Waals surface area contributed by atoms with Gasteiger partial charge in [-0.1, -0.05) is 59.7 Å². The smallest absolute Gasteiger partial charge is 0.237 e. The SMILES string of the molecule is CCc1ccc(-c2nc(SCc3nc(-c4ccc(Cl)cc4)no3)n[nH]2)cc1. The van der Waals surface area contributed by atoms with Crippen LogP contribution in [0.2, 0.25) is 5.02 Å². The highest BCUT2D eigenvalue weighted by molar-refractivity contribution is 7.98. The first-order chi connectivity index (χ1) is 13.2. The molecule has 0 aliphatic heterocycles. The Morgan fingerprint density at radius 2 is 1.74 bits per heavy atom. The van der Waals surface area contributed by atoms with Gasteiger partial charge in [0.05, 0.1) is 5.75 Å². The molecule has 0 bridgehead atoms. The number of rotatable bonds is 6. The van der Waals surface area contributed by atoms with E-state index < -0.39 is 0 Å². The second-order valence-corrected chi connectivity index (χ2v) is 7.20. The monoisotopic (exact) mass is 397 g/mol. The van der Waals surface area contributed by atoms with Crippen molar-refractivity contribution < 1.29 is 4.52 Å². The van der Waals surface area contributed by atoms with Gasteiger partial charge in [-0.25, -0.2) is 4.98 Å². The summed E-state index contributed by atoms with van der Waals surface area (Å²) in [6.45, 7) is 2.13. The summed E-state index contributed by atoms with van der Waals surface area (Å²) in [4.78, 5) is 8.92. The molecule has 27 heavy (non-hydrogen) atoms. The third-order valence-corrected chi connectivity index (χ3v) is 5.08. The summed E-state index contributed by atoms with van der Waals surface area (Å²) in [7, 11) is 0. The molecule has 136 valence electrons. The van der Waals surface area contributed by atoms with E-state index in [1.807, 2.05) is 24.3 Å². The van der Waals surface area contributed by atoms with E-state index in [1.54, 1.807) is 12.1 Å². The molecule has 6 nitrogen and oxygen atoms in total. The Balaban J connectivity index is 1.40. The molecule has 0 amide bonds. The molecule has 1 N–H and O–H groups in total. The van der Waals surface area contributed by atoms with Gasteiger partial charge in [-0.2, -0.15) is 4.98 Å². The highest BCUT2D eigenvalue weighted by atomic mass is 35.5. The number of nitrogens with zero attached hydrogens (tertiary/aromatic N) is 4. The molecule has 0 radical (unpaired) electrons. The number of hydrogen-bond donors (Lipinski definition) is 1. The van der Waals surface area contributed by atoms with Crippen molar-refractivity contribution in [3.63, 3.8) is 0 Å². The minimum absolute atomic E-state index is 0.493. The van der Waals surface area contributed by atoms with E-state index in [9.17, 15) is 0 Å². The molecule has 0 atom stereocenters. The standard InChI is InChI=1S/C19H16ClN5OS/c1-2-12-3-5-13(6-4-12)17-22-19(24-23-17)27-11-16-21-18(25-26-16)14-7-9-15(20)10-8-14/h3-10H,2,11H2,1H3,(H,22,23,24). The largest absolute Gasteiger partial charge is 0.338 e. The number of aryl methyl sites for hydroxylation is 1. The van der Waals surface area contributed by atoms with Gasteiger partial charge in [0.25, 0.3) is 0 Å². The lowest BCUT2D eigenvalue weighted by Crippen LogP contribution is -1.84. The second-order valence-electron chi connectivity index (χ2n) is 5.82. The van der Waals surface area contributed by atoms with E-state index in [-0.39, 0.29) is 0 Å². The zero-order valence-electron chi connectivity index (χ0n) is 14.5. The summed E-state index contributed by atoms with van der Waals surface area (Å²) in [5, 5.41) is 12.5. The van der Waals surface area contributed by atoms with Crippen LogP contribution in [-0.4, -0.2) is 25.3 Å². The summed E-state index contributed by atoms with van der Waals surface area (Å²) < 4.78 is 5.31. The van der Waals surface area contributed by atoms with Crippen LogP contribution >= 0.6 is 23.4 Å². The number of benzene rings is 2. The maximum absolute atomic E-state index is 5.90. The van der Waals surface area contributed by atoms with Gasteiger partial charge in [-0.15, -0.1) is 5.10 Å². The van der Waals surface area contributed by atoms with E-state index in [4.69, 9.17) is 16.1 Å². The van der Waals surface area contributed by atoms with Crippen LogP contribution < -0.4 is 0 Å². The summed E-state index contributed by atoms with van der Waals surface area (Å²) in [5.74, 6) is 2.29. The molecule has 2 aromatic carbocycles. The second kappa shape index (κ2) is 7.94. The fourth-order valence-corrected chi connectivity index (χ4v) is 3.26. The predicted octanol–water partition coefficient (Wildman–Crippen LogP) is 5.03. The predicted molar refractivity (Wildman–Crippen MR) is 106 cm³/mol. The van der Waals surface area contributed by atoms with Gasteiger partial charge in [0.2, 0.25) is 16.9 Å². The minimum Gasteiger partial charge on any atom is -0.338 e. The van der Waals surface area contributed by atoms with Crippen LogP contribution in [0.3, 0.4) is 0 Å². The molecule has 0 saturated heterocycles. The number of aromatic amines is 1. The van der Waals surface area contributed by atoms with Crippen LogP contribution in [0.25, 0.3) is 22.8 Å². The van der Waals surface area contributed by atoms with Crippen LogP contribution in [0, 0.1) is 0 Å². The Morgan fingerprint density at radius 1 is 1.00 bits per heavy atom. The quantitative estimate of drug-likeness (QED) is 0.459. The average molecular weight is 398 g/mol. The summed E-state index contributed by atoms with van der Waals surface area (Å²) >= 11 is 7.34. The number of halogens is 1. The van der Waals surface area contributed by atoms with Gasteiger partial charge in [0, 0.05) is 16.1 Å². The topological polar surface area (TPSA) is 80.5 Å². The van der Waals surface area contributed by atoms with Crippen LogP contribution in [0.1, 0.15) is 18.4 Å². The van der Waals surface area contributed by atoms with Gasteiger partial charge in [-0.3, -0.25) is 5.10 Å². The van der Waals surface area contributed by atoms with Crippen molar-refractivity contribution >= 4 is 23.4 Å². The Hall–Kier alpha value is -2.64. The first-order valence-corrected chi connectivity index (χ1v) is 9.80. The van der Waals surface area contributed by atoms with E-state index in [2.05, 4.69) is 44.4 Å². The van der Waals surface area contributed by atoms with Crippen molar-refractivity contribution in [3.05, 3.63) is 65.0 Å². The summed E-state index contributed by atoms with van der Waals surface area (Å²) in [5.41, 5.74) is 3.16. The highest BCUT2D eigenvalue weighted by Gasteiger charge is 2.11. The fourth-order valence-electron chi connectivity index (χ4n) is 2.49. The lowest BCUT2D eigenvalue weighted by Gasteiger charge is -1.98. The average Bonchev–Trinajstić information content (AvgIpc) is 3.37. The first kappa shape index (κ1) is 17.8. The fraction of sp³-hybridized carbons (Fsp3) is 0.158. The van der Waals surface area contributed by atoms with E-state index >= 15 is 0 Å². The molecule has 0 spiro atoms. The van der Waals surface area contributed by atoms with E-state index in [1.165, 1.54) is 17.3 Å². The zero-order chi connectivity index (χ0) is 18.6. The third-order valence-electron chi connectivity index (χ3n) is 4.00. The van der Waals surface area contributed by atoms with Crippen molar-refractivity contribution in [2.45, 2.75) is 24.3 Å². The van der Waals surface area contributed by atoms with Crippen molar-refractivity contribution in [1.29, 1.82) is 0 Å². The summed E-state index contributed by atoms with van der Waals surface area (Å²) in [6.07, 6.45) is 1.01. The van der Waals surface area contributed by atoms with Crippen molar-refractivity contribution in [2.75, 3.05) is 0 Å². The maximum atomic E-state index is 5.90. The lowest BCUT2D eigenvalue weighted by atomic mass is 10.1. The molecular formula is C19H16ClN5OS. The number of nitrogens with one attached hydrogen (secondary N) is 1. The number of thioether (sulfide) groups is 1. The molecular weight excluding hydrogens is 382 g/mol. The Kier molecular flexibility index (Phi) is 5.22. The zero-order valence-corrected chi connectivity index (χ0v) is 16.1. The van der Waals surface area contributed by atoms with Crippen molar-refractivity contribution in [2.24, 2.45) is 0 Å². The first-order valence-electron chi connectivity index (χ1n) is 8.44. The molecule has 0 aliphatic rings. The molecule has 4 aromatic rings. The molecule has 0 unspecified atom stereocenters. The maximum Gasteiger partial charge on any atom is 0.237 e. The van der Waals surface area contributed by atoms with E-state index in [0.717, 1.165) is 23.4 Å². The van der Waals surface area contributed by atoms with Crippen LogP contribution in [0.15, 0.2) is 58.2 Å². The van der Waals surface area contributed by atoms with Crippen molar-refractivity contribution in [1.82, 2.24) is 25.3 Å². The number of aromatic nitrogens is 5. The number of H-pyrrole nitrogens is 1. The molecule has 0 fully saturated rings. The highest BCUT2D eigenvalue weighted by Crippen LogP contribution is 2.24. The van der Waals surface area contributed by atoms with Gasteiger partial charge < -0.3 is 4.52 Å². The van der Waals surface area contributed by atoms with E-state index in [0.29, 0.717) is 27.6 Å². The minimum atomic E-state index is 0.493. The van der Waals surface area contributed by atoms with Gasteiger partial charge in [-0.05, 0) is 36.2 Å². The molecule has 0 saturated carbocycles. The summed E-state index contributed by atoms with van der Waals surface area (Å²) in [6, 6.07) is 15.6. The van der Waals surface area contributed by atoms with Crippen molar-refractivity contribution in [3.8, 4) is 22.8 Å². The van der Waals surface area contributed by atoms with Gasteiger partial charge in [0.15, 0.2) is 5.82 Å². The Labute approximate surface area is 165 Å². The van der Waals surface area contributed by atoms with Crippen LogP contribution in [-0.2, 0) is 12.2 Å². The Bertz CT molecular complexity index is 1030.